The van der Waals surface area contributed by atoms with Crippen molar-refractivity contribution in [3.63, 3.8) is 0 Å². The van der Waals surface area contributed by atoms with Crippen molar-refractivity contribution in [2.75, 3.05) is 6.61 Å². The molecule has 0 unspecified atom stereocenters. The van der Waals surface area contributed by atoms with Gasteiger partial charge in [-0.3, -0.25) is 5.21 Å². The first-order valence-corrected chi connectivity index (χ1v) is 6.15. The Balaban J connectivity index is 2.17. The van der Waals surface area contributed by atoms with Crippen LogP contribution < -0.4 is 0 Å². The van der Waals surface area contributed by atoms with Gasteiger partial charge in [-0.1, -0.05) is 30.3 Å². The largest absolute Gasteiger partial charge is 0.458 e. The number of benzene rings is 1. The number of carbonyl (C=O) groups is 1. The lowest BCUT2D eigenvalue weighted by molar-refractivity contribution is -0.742. The molecule has 0 aliphatic carbocycles. The Morgan fingerprint density at radius 1 is 1.50 bits per heavy atom. The first-order chi connectivity index (χ1) is 9.56. The molecule has 0 spiro atoms. The van der Waals surface area contributed by atoms with Crippen LogP contribution in [-0.4, -0.2) is 45.6 Å². The topological polar surface area (TPSA) is 102 Å². The first-order valence-electron chi connectivity index (χ1n) is 6.15. The Hall–Kier alpha value is -2.12. The van der Waals surface area contributed by atoms with Gasteiger partial charge < -0.3 is 19.8 Å². The minimum atomic E-state index is -1.55. The predicted octanol–water partition coefficient (Wildman–Crippen LogP) is -0.0909. The van der Waals surface area contributed by atoms with E-state index in [0.717, 1.165) is 0 Å². The second-order valence-corrected chi connectivity index (χ2v) is 4.23. The highest BCUT2D eigenvalue weighted by Gasteiger charge is 2.47. The van der Waals surface area contributed by atoms with Gasteiger partial charge in [0.25, 0.3) is 0 Å². The smallest absolute Gasteiger partial charge is 0.408 e. The second-order valence-electron chi connectivity index (χ2n) is 4.23. The molecule has 0 aromatic heterocycles. The molecular formula is C13H15NO6. The van der Waals surface area contributed by atoms with Crippen molar-refractivity contribution >= 4 is 11.7 Å². The number of rotatable bonds is 4. The molecule has 7 heteroatoms. The molecule has 1 aliphatic rings. The van der Waals surface area contributed by atoms with Gasteiger partial charge in [-0.25, -0.2) is 4.79 Å². The van der Waals surface area contributed by atoms with E-state index in [1.54, 1.807) is 37.3 Å². The molecule has 1 heterocycles. The van der Waals surface area contributed by atoms with Gasteiger partial charge in [-0.05, 0) is 12.5 Å². The van der Waals surface area contributed by atoms with Crippen LogP contribution in [0.3, 0.4) is 0 Å². The molecular weight excluding hydrogens is 266 g/mol. The summed E-state index contributed by atoms with van der Waals surface area (Å²) in [7, 11) is 0. The summed E-state index contributed by atoms with van der Waals surface area (Å²) in [4.78, 5) is 16.3. The van der Waals surface area contributed by atoms with Gasteiger partial charge in [-0.2, -0.15) is 0 Å². The number of aliphatic hydroxyl groups excluding tert-OH is 2. The molecule has 2 rings (SSSR count). The zero-order valence-corrected chi connectivity index (χ0v) is 10.8. The van der Waals surface area contributed by atoms with Gasteiger partial charge in [0, 0.05) is 0 Å². The third kappa shape index (κ3) is 2.59. The highest BCUT2D eigenvalue weighted by atomic mass is 16.9. The molecule has 2 N–H and O–H groups in total. The lowest BCUT2D eigenvalue weighted by atomic mass is 9.98. The standard InChI is InChI=1S/C13H15NO6/c1-2-19-13(17)9-11(16)12(20-14(9)18)10(15)8-6-4-3-5-7-8/h3-7,10-12,15-16H,2H2,1H3/t10-,11-,12-/m0/s1. The fourth-order valence-electron chi connectivity index (χ4n) is 1.96. The van der Waals surface area contributed by atoms with Crippen molar-refractivity contribution in [3.05, 3.63) is 41.1 Å². The van der Waals surface area contributed by atoms with Gasteiger partial charge in [0.2, 0.25) is 0 Å². The van der Waals surface area contributed by atoms with Crippen LogP contribution in [0.25, 0.3) is 0 Å². The van der Waals surface area contributed by atoms with Crippen LogP contribution in [0.4, 0.5) is 0 Å². The SMILES string of the molecule is CCOC(=O)C1=[N+]([O-])O[C@@H]([C@@H](O)c2ccccc2)[C@H]1O. The van der Waals surface area contributed by atoms with Crippen LogP contribution in [0, 0.1) is 5.21 Å². The van der Waals surface area contributed by atoms with Crippen LogP contribution in [0.2, 0.25) is 0 Å². The average Bonchev–Trinajstić information content (AvgIpc) is 2.74. The van der Waals surface area contributed by atoms with E-state index in [9.17, 15) is 20.2 Å². The summed E-state index contributed by atoms with van der Waals surface area (Å²) in [6.45, 7) is 1.64. The summed E-state index contributed by atoms with van der Waals surface area (Å²) >= 11 is 0. The molecule has 1 aromatic carbocycles. The van der Waals surface area contributed by atoms with Gasteiger partial charge in [0.15, 0.2) is 6.10 Å². The Labute approximate surface area is 115 Å². The Bertz CT molecular complexity index is 515. The number of carbonyl (C=O) groups excluding carboxylic acids is 1. The maximum Gasteiger partial charge on any atom is 0.408 e. The maximum absolute atomic E-state index is 11.5. The van der Waals surface area contributed by atoms with E-state index in [-0.39, 0.29) is 11.5 Å². The maximum atomic E-state index is 11.5. The Morgan fingerprint density at radius 3 is 2.75 bits per heavy atom. The number of esters is 1. The van der Waals surface area contributed by atoms with E-state index in [1.165, 1.54) is 0 Å². The molecule has 7 nitrogen and oxygen atoms in total. The highest BCUT2D eigenvalue weighted by Crippen LogP contribution is 2.26. The highest BCUT2D eigenvalue weighted by molar-refractivity contribution is 6.36. The van der Waals surface area contributed by atoms with E-state index in [1.807, 2.05) is 0 Å². The van der Waals surface area contributed by atoms with Crippen LogP contribution in [0.15, 0.2) is 30.3 Å². The molecule has 1 aliphatic heterocycles. The van der Waals surface area contributed by atoms with E-state index >= 15 is 0 Å². The Morgan fingerprint density at radius 2 is 2.15 bits per heavy atom. The van der Waals surface area contributed by atoms with Gasteiger partial charge >= 0.3 is 11.7 Å². The Kier molecular flexibility index (Phi) is 4.21. The summed E-state index contributed by atoms with van der Waals surface area (Å²) in [5.41, 5.74) is -0.0955. The second kappa shape index (κ2) is 5.89. The summed E-state index contributed by atoms with van der Waals surface area (Å²) in [6, 6.07) is 8.41. The molecule has 0 saturated carbocycles. The number of aliphatic hydroxyl groups is 2. The van der Waals surface area contributed by atoms with Crippen molar-refractivity contribution in [2.45, 2.75) is 25.2 Å². The summed E-state index contributed by atoms with van der Waals surface area (Å²) < 4.78 is 4.66. The molecule has 108 valence electrons. The molecule has 0 fully saturated rings. The predicted molar refractivity (Wildman–Crippen MR) is 67.5 cm³/mol. The van der Waals surface area contributed by atoms with Crippen LogP contribution >= 0.6 is 0 Å². The fraction of sp³-hybridized carbons (Fsp3) is 0.385. The normalized spacial score (nSPS) is 23.4. The van der Waals surface area contributed by atoms with Gasteiger partial charge in [0.1, 0.15) is 6.10 Å². The number of hydrogen-bond donors (Lipinski definition) is 2. The fourth-order valence-corrected chi connectivity index (χ4v) is 1.96. The molecule has 1 aromatic rings. The van der Waals surface area contributed by atoms with Crippen LogP contribution in [0.1, 0.15) is 18.6 Å². The first kappa shape index (κ1) is 14.3. The van der Waals surface area contributed by atoms with Gasteiger partial charge in [0.05, 0.1) is 17.6 Å². The van der Waals surface area contributed by atoms with E-state index in [0.29, 0.717) is 5.56 Å². The van der Waals surface area contributed by atoms with Crippen LogP contribution in [0.5, 0.6) is 0 Å². The van der Waals surface area contributed by atoms with Crippen molar-refractivity contribution in [1.82, 2.24) is 0 Å². The third-order valence-corrected chi connectivity index (χ3v) is 2.94. The number of nitrogens with zero attached hydrogens (tertiary/aromatic N) is 1. The van der Waals surface area contributed by atoms with Gasteiger partial charge in [-0.15, -0.1) is 0 Å². The number of hydrogen-bond acceptors (Lipinski definition) is 6. The van der Waals surface area contributed by atoms with Crippen molar-refractivity contribution in [3.8, 4) is 0 Å². The minimum Gasteiger partial charge on any atom is -0.458 e. The van der Waals surface area contributed by atoms with E-state index in [4.69, 9.17) is 4.84 Å². The molecule has 0 bridgehead atoms. The van der Waals surface area contributed by atoms with E-state index in [2.05, 4.69) is 4.74 Å². The summed E-state index contributed by atoms with van der Waals surface area (Å²) in [5, 5.41) is 31.6. The lowest BCUT2D eigenvalue weighted by Crippen LogP contribution is -2.38. The quantitative estimate of drug-likeness (QED) is 0.590. The van der Waals surface area contributed by atoms with Crippen molar-refractivity contribution < 1.29 is 29.5 Å². The average molecular weight is 281 g/mol. The summed E-state index contributed by atoms with van der Waals surface area (Å²) in [6.07, 6.45) is -4.05. The minimum absolute atomic E-state index is 0.0643. The molecule has 20 heavy (non-hydrogen) atoms. The summed E-state index contributed by atoms with van der Waals surface area (Å²) in [5.74, 6) is -0.960. The monoisotopic (exact) mass is 281 g/mol. The molecule has 0 saturated heterocycles. The number of ether oxygens (including phenoxy) is 1. The lowest BCUT2D eigenvalue weighted by Gasteiger charge is -2.21. The zero-order valence-electron chi connectivity index (χ0n) is 10.8. The molecule has 0 radical (unpaired) electrons. The molecule has 0 amide bonds. The molecule has 3 atom stereocenters. The van der Waals surface area contributed by atoms with Crippen molar-refractivity contribution in [1.29, 1.82) is 0 Å². The van der Waals surface area contributed by atoms with E-state index < -0.39 is 30.0 Å². The van der Waals surface area contributed by atoms with Crippen LogP contribution in [-0.2, 0) is 14.4 Å². The third-order valence-electron chi connectivity index (χ3n) is 2.94. The van der Waals surface area contributed by atoms with Crippen molar-refractivity contribution in [2.24, 2.45) is 0 Å². The zero-order chi connectivity index (χ0) is 14.7.